The smallest absolute Gasteiger partial charge is 0.117 e. The molecule has 2 aliphatic rings. The first-order chi connectivity index (χ1) is 6.20. The van der Waals surface area contributed by atoms with Gasteiger partial charge in [-0.25, -0.2) is 0 Å². The fraction of sp³-hybridized carbons (Fsp3) is 0.500. The van der Waals surface area contributed by atoms with Crippen molar-refractivity contribution in [1.29, 1.82) is 0 Å². The molecule has 1 aliphatic carbocycles. The molecule has 1 heterocycles. The Kier molecular flexibility index (Phi) is 1.26. The van der Waals surface area contributed by atoms with E-state index in [1.165, 1.54) is 29.5 Å². The second kappa shape index (κ2) is 2.16. The Bertz CT molecular complexity index is 369. The Morgan fingerprint density at radius 2 is 2.31 bits per heavy atom. The number of hydrogen-bond donors (Lipinski definition) is 0. The van der Waals surface area contributed by atoms with Crippen LogP contribution in [0.2, 0.25) is 0 Å². The highest BCUT2D eigenvalue weighted by Crippen LogP contribution is 2.52. The van der Waals surface area contributed by atoms with Crippen LogP contribution in [-0.4, -0.2) is 6.10 Å². The molecule has 3 rings (SSSR count). The molecule has 0 spiro atoms. The van der Waals surface area contributed by atoms with E-state index in [2.05, 4.69) is 32.0 Å². The van der Waals surface area contributed by atoms with Crippen LogP contribution in [0.4, 0.5) is 0 Å². The maximum Gasteiger partial charge on any atom is 0.117 e. The number of benzene rings is 1. The number of rotatable bonds is 0. The molecule has 0 N–H and O–H groups in total. The van der Waals surface area contributed by atoms with E-state index in [0.717, 1.165) is 0 Å². The van der Waals surface area contributed by atoms with Gasteiger partial charge in [0.05, 0.1) is 6.10 Å². The molecule has 0 radical (unpaired) electrons. The lowest BCUT2D eigenvalue weighted by Gasteiger charge is -2.18. The van der Waals surface area contributed by atoms with Crippen LogP contribution < -0.4 is 0 Å². The molecule has 13 heavy (non-hydrogen) atoms. The summed E-state index contributed by atoms with van der Waals surface area (Å²) < 4.78 is 5.73. The van der Waals surface area contributed by atoms with Gasteiger partial charge in [0.2, 0.25) is 0 Å². The molecule has 1 aromatic rings. The molecule has 0 unspecified atom stereocenters. The highest BCUT2D eigenvalue weighted by atomic mass is 16.6. The Balaban J connectivity index is 2.17. The van der Waals surface area contributed by atoms with Gasteiger partial charge in [0.1, 0.15) is 5.60 Å². The van der Waals surface area contributed by atoms with Crippen LogP contribution in [0, 0.1) is 6.92 Å². The van der Waals surface area contributed by atoms with Crippen molar-refractivity contribution in [1.82, 2.24) is 0 Å². The Labute approximate surface area is 78.7 Å². The topological polar surface area (TPSA) is 12.5 Å². The first kappa shape index (κ1) is 7.57. The summed E-state index contributed by atoms with van der Waals surface area (Å²) in [5, 5.41) is 0. The Morgan fingerprint density at radius 3 is 3.15 bits per heavy atom. The standard InChI is InChI=1S/C12H14O/c1-8-3-5-10-9(7-8)4-6-11-12(10,2)13-11/h3,5,7,11H,4,6H2,1-2H3/t11-,12+/m1/s1. The zero-order valence-corrected chi connectivity index (χ0v) is 8.13. The van der Waals surface area contributed by atoms with Gasteiger partial charge in [-0.2, -0.15) is 0 Å². The zero-order chi connectivity index (χ0) is 9.05. The minimum absolute atomic E-state index is 0.0707. The summed E-state index contributed by atoms with van der Waals surface area (Å²) >= 11 is 0. The van der Waals surface area contributed by atoms with Gasteiger partial charge < -0.3 is 4.74 Å². The molecule has 1 aliphatic heterocycles. The van der Waals surface area contributed by atoms with Crippen molar-refractivity contribution in [2.24, 2.45) is 0 Å². The summed E-state index contributed by atoms with van der Waals surface area (Å²) in [6.07, 6.45) is 2.90. The van der Waals surface area contributed by atoms with Crippen molar-refractivity contribution in [3.63, 3.8) is 0 Å². The fourth-order valence-electron chi connectivity index (χ4n) is 2.53. The van der Waals surface area contributed by atoms with Gasteiger partial charge >= 0.3 is 0 Å². The first-order valence-electron chi connectivity index (χ1n) is 4.98. The van der Waals surface area contributed by atoms with Crippen LogP contribution in [0.15, 0.2) is 18.2 Å². The summed E-state index contributed by atoms with van der Waals surface area (Å²) in [6, 6.07) is 6.73. The predicted molar refractivity (Wildman–Crippen MR) is 51.7 cm³/mol. The predicted octanol–water partition coefficient (Wildman–Crippen LogP) is 2.56. The lowest BCUT2D eigenvalue weighted by Crippen LogP contribution is -2.16. The monoisotopic (exact) mass is 174 g/mol. The van der Waals surface area contributed by atoms with Gasteiger partial charge in [-0.05, 0) is 37.8 Å². The third kappa shape index (κ3) is 0.910. The van der Waals surface area contributed by atoms with Gasteiger partial charge in [-0.1, -0.05) is 23.8 Å². The number of fused-ring (bicyclic) bond motifs is 3. The SMILES string of the molecule is Cc1ccc2c(c1)CC[C@H]1O[C@@]21C. The summed E-state index contributed by atoms with van der Waals surface area (Å²) in [5.41, 5.74) is 4.36. The first-order valence-corrected chi connectivity index (χ1v) is 4.98. The molecule has 0 saturated carbocycles. The summed E-state index contributed by atoms with van der Waals surface area (Å²) in [7, 11) is 0. The van der Waals surface area contributed by atoms with Crippen molar-refractivity contribution in [2.75, 3.05) is 0 Å². The van der Waals surface area contributed by atoms with Crippen LogP contribution in [0.5, 0.6) is 0 Å². The normalized spacial score (nSPS) is 35.1. The van der Waals surface area contributed by atoms with E-state index in [4.69, 9.17) is 4.74 Å². The summed E-state index contributed by atoms with van der Waals surface area (Å²) in [6.45, 7) is 4.37. The summed E-state index contributed by atoms with van der Waals surface area (Å²) in [5.74, 6) is 0. The van der Waals surface area contributed by atoms with Crippen molar-refractivity contribution >= 4 is 0 Å². The van der Waals surface area contributed by atoms with Crippen molar-refractivity contribution in [3.8, 4) is 0 Å². The Morgan fingerprint density at radius 1 is 1.46 bits per heavy atom. The third-order valence-corrected chi connectivity index (χ3v) is 3.42. The van der Waals surface area contributed by atoms with Crippen molar-refractivity contribution in [3.05, 3.63) is 34.9 Å². The molecule has 1 nitrogen and oxygen atoms in total. The maximum absolute atomic E-state index is 5.73. The minimum atomic E-state index is 0.0707. The third-order valence-electron chi connectivity index (χ3n) is 3.42. The Hall–Kier alpha value is -0.820. The molecule has 68 valence electrons. The van der Waals surface area contributed by atoms with Crippen LogP contribution in [-0.2, 0) is 16.8 Å². The van der Waals surface area contributed by atoms with Crippen LogP contribution in [0.1, 0.15) is 30.0 Å². The second-order valence-corrected chi connectivity index (χ2v) is 4.41. The van der Waals surface area contributed by atoms with E-state index in [9.17, 15) is 0 Å². The fourth-order valence-corrected chi connectivity index (χ4v) is 2.53. The van der Waals surface area contributed by atoms with E-state index < -0.39 is 0 Å². The molecular weight excluding hydrogens is 160 g/mol. The molecule has 1 heteroatoms. The average Bonchev–Trinajstić information content (AvgIpc) is 2.76. The number of aryl methyl sites for hydroxylation is 2. The molecule has 2 atom stereocenters. The van der Waals surface area contributed by atoms with E-state index >= 15 is 0 Å². The van der Waals surface area contributed by atoms with Gasteiger partial charge in [0.25, 0.3) is 0 Å². The molecule has 0 bridgehead atoms. The van der Waals surface area contributed by atoms with Crippen molar-refractivity contribution in [2.45, 2.75) is 38.4 Å². The van der Waals surface area contributed by atoms with Crippen LogP contribution in [0.25, 0.3) is 0 Å². The van der Waals surface area contributed by atoms with Crippen molar-refractivity contribution < 1.29 is 4.74 Å². The van der Waals surface area contributed by atoms with Gasteiger partial charge in [0, 0.05) is 0 Å². The molecule has 0 amide bonds. The molecule has 1 saturated heterocycles. The molecule has 0 aromatic heterocycles. The highest BCUT2D eigenvalue weighted by Gasteiger charge is 2.55. The summed E-state index contributed by atoms with van der Waals surface area (Å²) in [4.78, 5) is 0. The van der Waals surface area contributed by atoms with E-state index in [1.54, 1.807) is 0 Å². The van der Waals surface area contributed by atoms with Gasteiger partial charge in [0.15, 0.2) is 0 Å². The molecule has 1 fully saturated rings. The van der Waals surface area contributed by atoms with Gasteiger partial charge in [-0.15, -0.1) is 0 Å². The van der Waals surface area contributed by atoms with E-state index in [0.29, 0.717) is 6.10 Å². The zero-order valence-electron chi connectivity index (χ0n) is 8.13. The average molecular weight is 174 g/mol. The molecule has 1 aromatic carbocycles. The van der Waals surface area contributed by atoms with Crippen LogP contribution >= 0.6 is 0 Å². The lowest BCUT2D eigenvalue weighted by molar-refractivity contribution is 0.314. The lowest BCUT2D eigenvalue weighted by atomic mass is 9.83. The van der Waals surface area contributed by atoms with Crippen LogP contribution in [0.3, 0.4) is 0 Å². The highest BCUT2D eigenvalue weighted by molar-refractivity contribution is 5.41. The second-order valence-electron chi connectivity index (χ2n) is 4.41. The minimum Gasteiger partial charge on any atom is -0.361 e. The van der Waals surface area contributed by atoms with E-state index in [1.807, 2.05) is 0 Å². The molecular formula is C12H14O. The number of hydrogen-bond acceptors (Lipinski definition) is 1. The van der Waals surface area contributed by atoms with E-state index in [-0.39, 0.29) is 5.60 Å². The van der Waals surface area contributed by atoms with Gasteiger partial charge in [-0.3, -0.25) is 0 Å². The maximum atomic E-state index is 5.73. The largest absolute Gasteiger partial charge is 0.361 e. The number of epoxide rings is 1. The number of ether oxygens (including phenoxy) is 1. The quantitative estimate of drug-likeness (QED) is 0.551.